The molecule has 4 nitrogen and oxygen atoms in total. The van der Waals surface area contributed by atoms with Crippen LogP contribution in [0.2, 0.25) is 0 Å². The maximum atomic E-state index is 10.7. The summed E-state index contributed by atoms with van der Waals surface area (Å²) in [7, 11) is 0. The minimum atomic E-state index is -1.01. The van der Waals surface area contributed by atoms with Crippen molar-refractivity contribution >= 4 is 5.97 Å². The topological polar surface area (TPSA) is 59.7 Å². The van der Waals surface area contributed by atoms with Gasteiger partial charge in [0.15, 0.2) is 0 Å². The average Bonchev–Trinajstić information content (AvgIpc) is 2.85. The lowest BCUT2D eigenvalue weighted by molar-refractivity contribution is 0.0696. The van der Waals surface area contributed by atoms with E-state index in [1.807, 2.05) is 24.3 Å². The smallest absolute Gasteiger partial charge is 0.338 e. The summed E-state index contributed by atoms with van der Waals surface area (Å²) in [5.74, 6) is 0.211. The summed E-state index contributed by atoms with van der Waals surface area (Å²) in [4.78, 5) is 10.7. The Morgan fingerprint density at radius 2 is 1.90 bits per heavy atom. The Labute approximate surface area is 118 Å². The van der Waals surface area contributed by atoms with E-state index in [1.54, 1.807) is 0 Å². The van der Waals surface area contributed by atoms with Crippen molar-refractivity contribution < 1.29 is 19.1 Å². The van der Waals surface area contributed by atoms with Crippen LogP contribution >= 0.6 is 0 Å². The third kappa shape index (κ3) is 3.41. The van der Waals surface area contributed by atoms with Crippen LogP contribution in [0.15, 0.2) is 41.0 Å². The number of aromatic carboxylic acids is 1. The zero-order valence-corrected chi connectivity index (χ0v) is 11.8. The van der Waals surface area contributed by atoms with Crippen LogP contribution in [0.5, 0.6) is 5.75 Å². The monoisotopic (exact) mass is 274 g/mol. The Kier molecular flexibility index (Phi) is 3.84. The summed E-state index contributed by atoms with van der Waals surface area (Å²) in [6.45, 7) is 6.67. The highest BCUT2D eigenvalue weighted by Crippen LogP contribution is 2.24. The van der Waals surface area contributed by atoms with Gasteiger partial charge in [0.25, 0.3) is 0 Å². The maximum Gasteiger partial charge on any atom is 0.338 e. The molecule has 2 rings (SSSR count). The number of hydrogen-bond donors (Lipinski definition) is 1. The maximum absolute atomic E-state index is 10.7. The van der Waals surface area contributed by atoms with Gasteiger partial charge in [-0.1, -0.05) is 32.9 Å². The predicted molar refractivity (Wildman–Crippen MR) is 75.1 cm³/mol. The molecule has 1 aromatic heterocycles. The van der Waals surface area contributed by atoms with E-state index >= 15 is 0 Å². The highest BCUT2D eigenvalue weighted by molar-refractivity contribution is 5.87. The van der Waals surface area contributed by atoms with E-state index in [0.29, 0.717) is 5.76 Å². The molecule has 4 heteroatoms. The van der Waals surface area contributed by atoms with Crippen molar-refractivity contribution in [2.75, 3.05) is 0 Å². The van der Waals surface area contributed by atoms with Gasteiger partial charge in [0.05, 0.1) is 5.56 Å². The zero-order chi connectivity index (χ0) is 14.8. The molecule has 0 spiro atoms. The number of carbonyl (C=O) groups is 1. The van der Waals surface area contributed by atoms with Crippen molar-refractivity contribution in [1.82, 2.24) is 0 Å². The molecule has 1 aromatic carbocycles. The lowest BCUT2D eigenvalue weighted by atomic mass is 9.87. The van der Waals surface area contributed by atoms with Gasteiger partial charge in [0, 0.05) is 0 Å². The number of rotatable bonds is 4. The highest BCUT2D eigenvalue weighted by Gasteiger charge is 2.13. The minimum Gasteiger partial charge on any atom is -0.486 e. The van der Waals surface area contributed by atoms with Crippen LogP contribution < -0.4 is 4.74 Å². The van der Waals surface area contributed by atoms with Crippen LogP contribution in [-0.2, 0) is 12.0 Å². The molecule has 0 radical (unpaired) electrons. The van der Waals surface area contributed by atoms with Gasteiger partial charge in [0.2, 0.25) is 0 Å². The van der Waals surface area contributed by atoms with Crippen LogP contribution in [0.3, 0.4) is 0 Å². The molecule has 0 aliphatic rings. The third-order valence-corrected chi connectivity index (χ3v) is 3.00. The van der Waals surface area contributed by atoms with Crippen LogP contribution in [0.1, 0.15) is 42.5 Å². The van der Waals surface area contributed by atoms with E-state index in [2.05, 4.69) is 20.8 Å². The second kappa shape index (κ2) is 5.41. The molecule has 0 unspecified atom stereocenters. The number of ether oxygens (including phenoxy) is 1. The van der Waals surface area contributed by atoms with E-state index in [4.69, 9.17) is 14.3 Å². The standard InChI is InChI=1S/C16H18O4/c1-16(2,3)12-4-6-13(7-5-12)20-10-14-8-11(9-19-14)15(17)18/h4-9H,10H2,1-3H3,(H,17,18). The molecule has 0 atom stereocenters. The van der Waals surface area contributed by atoms with Gasteiger partial charge in [-0.3, -0.25) is 0 Å². The minimum absolute atomic E-state index is 0.107. The molecule has 0 saturated carbocycles. The first kappa shape index (κ1) is 14.2. The zero-order valence-electron chi connectivity index (χ0n) is 11.8. The fraction of sp³-hybridized carbons (Fsp3) is 0.312. The molecule has 0 fully saturated rings. The van der Waals surface area contributed by atoms with Gasteiger partial charge in [-0.2, -0.15) is 0 Å². The van der Waals surface area contributed by atoms with E-state index in [9.17, 15) is 4.79 Å². The second-order valence-corrected chi connectivity index (χ2v) is 5.67. The van der Waals surface area contributed by atoms with E-state index < -0.39 is 5.97 Å². The lowest BCUT2D eigenvalue weighted by Gasteiger charge is -2.19. The molecule has 1 N–H and O–H groups in total. The fourth-order valence-corrected chi connectivity index (χ4v) is 1.77. The molecule has 20 heavy (non-hydrogen) atoms. The Morgan fingerprint density at radius 1 is 1.25 bits per heavy atom. The van der Waals surface area contributed by atoms with Gasteiger partial charge in [-0.25, -0.2) is 4.79 Å². The van der Waals surface area contributed by atoms with Crippen molar-refractivity contribution in [3.63, 3.8) is 0 Å². The normalized spacial score (nSPS) is 11.3. The van der Waals surface area contributed by atoms with Gasteiger partial charge in [-0.15, -0.1) is 0 Å². The van der Waals surface area contributed by atoms with Gasteiger partial charge in [-0.05, 0) is 29.2 Å². The van der Waals surface area contributed by atoms with Crippen molar-refractivity contribution in [3.05, 3.63) is 53.5 Å². The van der Waals surface area contributed by atoms with E-state index in [-0.39, 0.29) is 17.6 Å². The second-order valence-electron chi connectivity index (χ2n) is 5.67. The molecule has 106 valence electrons. The average molecular weight is 274 g/mol. The summed E-state index contributed by atoms with van der Waals surface area (Å²) in [6, 6.07) is 9.33. The van der Waals surface area contributed by atoms with Crippen molar-refractivity contribution in [2.45, 2.75) is 32.8 Å². The summed E-state index contributed by atoms with van der Waals surface area (Å²) >= 11 is 0. The Bertz CT molecular complexity index is 588. The number of benzene rings is 1. The molecule has 1 heterocycles. The molecule has 2 aromatic rings. The molecule has 0 saturated heterocycles. The summed E-state index contributed by atoms with van der Waals surface area (Å²) < 4.78 is 10.7. The predicted octanol–water partition coefficient (Wildman–Crippen LogP) is 3.85. The van der Waals surface area contributed by atoms with Crippen molar-refractivity contribution in [1.29, 1.82) is 0 Å². The SMILES string of the molecule is CC(C)(C)c1ccc(OCc2cc(C(=O)O)co2)cc1. The lowest BCUT2D eigenvalue weighted by Crippen LogP contribution is -2.10. The van der Waals surface area contributed by atoms with Crippen LogP contribution in [0.25, 0.3) is 0 Å². The summed E-state index contributed by atoms with van der Waals surface area (Å²) in [6.07, 6.45) is 1.21. The molecular formula is C16H18O4. The van der Waals surface area contributed by atoms with Gasteiger partial charge in [0.1, 0.15) is 24.4 Å². The van der Waals surface area contributed by atoms with Crippen LogP contribution in [0, 0.1) is 0 Å². The van der Waals surface area contributed by atoms with E-state index in [1.165, 1.54) is 17.9 Å². The summed E-state index contributed by atoms with van der Waals surface area (Å²) in [5, 5.41) is 8.79. The number of furan rings is 1. The first-order chi connectivity index (χ1) is 9.36. The van der Waals surface area contributed by atoms with Gasteiger partial charge >= 0.3 is 5.97 Å². The first-order valence-electron chi connectivity index (χ1n) is 6.40. The third-order valence-electron chi connectivity index (χ3n) is 3.00. The molecule has 0 aliphatic heterocycles. The molecule has 0 aliphatic carbocycles. The summed E-state index contributed by atoms with van der Waals surface area (Å²) in [5.41, 5.74) is 1.47. The number of carboxylic acids is 1. The Hall–Kier alpha value is -2.23. The van der Waals surface area contributed by atoms with Crippen LogP contribution in [0.4, 0.5) is 0 Å². The van der Waals surface area contributed by atoms with Crippen molar-refractivity contribution in [3.8, 4) is 5.75 Å². The van der Waals surface area contributed by atoms with E-state index in [0.717, 1.165) is 5.75 Å². The fourth-order valence-electron chi connectivity index (χ4n) is 1.77. The highest BCUT2D eigenvalue weighted by atomic mass is 16.5. The van der Waals surface area contributed by atoms with Gasteiger partial charge < -0.3 is 14.3 Å². The largest absolute Gasteiger partial charge is 0.486 e. The quantitative estimate of drug-likeness (QED) is 0.919. The Morgan fingerprint density at radius 3 is 2.40 bits per heavy atom. The van der Waals surface area contributed by atoms with Crippen LogP contribution in [-0.4, -0.2) is 11.1 Å². The molecular weight excluding hydrogens is 256 g/mol. The Balaban J connectivity index is 1.98. The first-order valence-corrected chi connectivity index (χ1v) is 6.40. The number of carboxylic acid groups (broad SMARTS) is 1. The molecule has 0 bridgehead atoms. The number of hydrogen-bond acceptors (Lipinski definition) is 3. The molecule has 0 amide bonds. The van der Waals surface area contributed by atoms with Crippen molar-refractivity contribution in [2.24, 2.45) is 0 Å².